The Hall–Kier alpha value is -3.47. The first-order valence-corrected chi connectivity index (χ1v) is 9.69. The second kappa shape index (κ2) is 7.51. The van der Waals surface area contributed by atoms with E-state index in [1.165, 1.54) is 0 Å². The highest BCUT2D eigenvalue weighted by Crippen LogP contribution is 2.24. The zero-order chi connectivity index (χ0) is 20.5. The number of hydrogen-bond donors (Lipinski definition) is 1. The summed E-state index contributed by atoms with van der Waals surface area (Å²) in [6.45, 7) is 3.87. The third-order valence-electron chi connectivity index (χ3n) is 5.34. The van der Waals surface area contributed by atoms with E-state index in [2.05, 4.69) is 11.4 Å². The Balaban J connectivity index is 1.38. The van der Waals surface area contributed by atoms with Crippen molar-refractivity contribution in [1.29, 1.82) is 0 Å². The van der Waals surface area contributed by atoms with Gasteiger partial charge in [-0.1, -0.05) is 48.0 Å². The molecule has 3 aromatic rings. The van der Waals surface area contributed by atoms with E-state index in [1.54, 1.807) is 12.1 Å². The molecule has 29 heavy (non-hydrogen) atoms. The molecule has 0 fully saturated rings. The second-order valence-electron chi connectivity index (χ2n) is 7.46. The van der Waals surface area contributed by atoms with Crippen LogP contribution in [0.3, 0.4) is 0 Å². The number of hydrogen-bond acceptors (Lipinski definition) is 3. The van der Waals surface area contributed by atoms with Crippen LogP contribution in [-0.4, -0.2) is 29.2 Å². The molecule has 1 N–H and O–H groups in total. The lowest BCUT2D eigenvalue weighted by atomic mass is 10.0. The van der Waals surface area contributed by atoms with Gasteiger partial charge in [0.25, 0.3) is 11.8 Å². The Morgan fingerprint density at radius 1 is 0.931 bits per heavy atom. The quantitative estimate of drug-likeness (QED) is 0.674. The lowest BCUT2D eigenvalue weighted by Gasteiger charge is -2.17. The third kappa shape index (κ3) is 3.63. The van der Waals surface area contributed by atoms with Gasteiger partial charge < -0.3 is 5.32 Å². The summed E-state index contributed by atoms with van der Waals surface area (Å²) >= 11 is 0. The van der Waals surface area contributed by atoms with E-state index in [1.807, 2.05) is 56.3 Å². The molecule has 1 unspecified atom stereocenters. The maximum Gasteiger partial charge on any atom is 0.261 e. The van der Waals surface area contributed by atoms with Crippen LogP contribution in [0.1, 0.15) is 51.2 Å². The average Bonchev–Trinajstić information content (AvgIpc) is 2.95. The molecule has 0 aliphatic carbocycles. The summed E-state index contributed by atoms with van der Waals surface area (Å²) in [5, 5.41) is 5.22. The van der Waals surface area contributed by atoms with Crippen molar-refractivity contribution in [3.8, 4) is 0 Å². The number of rotatable bonds is 5. The van der Waals surface area contributed by atoms with Crippen LogP contribution in [0.4, 0.5) is 0 Å². The Morgan fingerprint density at radius 2 is 1.66 bits per heavy atom. The van der Waals surface area contributed by atoms with Gasteiger partial charge in [-0.15, -0.1) is 0 Å². The molecule has 1 heterocycles. The molecule has 0 aromatic heterocycles. The van der Waals surface area contributed by atoms with Gasteiger partial charge in [0.2, 0.25) is 5.91 Å². The van der Waals surface area contributed by atoms with E-state index in [9.17, 15) is 14.4 Å². The lowest BCUT2D eigenvalue weighted by Crippen LogP contribution is -2.35. The van der Waals surface area contributed by atoms with Crippen LogP contribution in [0, 0.1) is 6.92 Å². The van der Waals surface area contributed by atoms with Gasteiger partial charge in [0.05, 0.1) is 17.2 Å². The number of carbonyl (C=O) groups is 3. The minimum atomic E-state index is -0.333. The average molecular weight is 386 g/mol. The predicted octanol–water partition coefficient (Wildman–Crippen LogP) is 4.01. The Bertz CT molecular complexity index is 1140. The van der Waals surface area contributed by atoms with Crippen LogP contribution in [0.25, 0.3) is 10.8 Å². The van der Waals surface area contributed by atoms with Crippen molar-refractivity contribution in [2.75, 3.05) is 6.54 Å². The van der Waals surface area contributed by atoms with E-state index in [-0.39, 0.29) is 36.7 Å². The molecule has 146 valence electrons. The summed E-state index contributed by atoms with van der Waals surface area (Å²) in [6.07, 6.45) is 0.0718. The molecule has 1 aliphatic rings. The van der Waals surface area contributed by atoms with Gasteiger partial charge in [-0.2, -0.15) is 0 Å². The van der Waals surface area contributed by atoms with Gasteiger partial charge in [-0.3, -0.25) is 19.3 Å². The molecule has 0 saturated heterocycles. The van der Waals surface area contributed by atoms with Gasteiger partial charge in [-0.25, -0.2) is 0 Å². The van der Waals surface area contributed by atoms with Crippen LogP contribution in [0.5, 0.6) is 0 Å². The summed E-state index contributed by atoms with van der Waals surface area (Å²) in [7, 11) is 0. The first kappa shape index (κ1) is 18.9. The molecule has 3 aromatic carbocycles. The fraction of sp³-hybridized carbons (Fsp3) is 0.208. The van der Waals surface area contributed by atoms with Crippen molar-refractivity contribution >= 4 is 28.5 Å². The Kier molecular flexibility index (Phi) is 4.89. The first-order valence-electron chi connectivity index (χ1n) is 9.69. The van der Waals surface area contributed by atoms with Crippen LogP contribution in [-0.2, 0) is 4.79 Å². The molecule has 1 atom stereocenters. The van der Waals surface area contributed by atoms with Crippen molar-refractivity contribution < 1.29 is 14.4 Å². The second-order valence-corrected chi connectivity index (χ2v) is 7.46. The molecule has 0 bridgehead atoms. The number of nitrogens with one attached hydrogen (secondary N) is 1. The summed E-state index contributed by atoms with van der Waals surface area (Å²) in [5.74, 6) is -0.858. The minimum Gasteiger partial charge on any atom is -0.350 e. The summed E-state index contributed by atoms with van der Waals surface area (Å²) in [6, 6.07) is 19.2. The number of fused-ring (bicyclic) bond motifs is 2. The van der Waals surface area contributed by atoms with Crippen molar-refractivity contribution in [3.05, 3.63) is 82.9 Å². The van der Waals surface area contributed by atoms with E-state index in [0.717, 1.165) is 26.8 Å². The van der Waals surface area contributed by atoms with Crippen LogP contribution in [0.15, 0.2) is 60.7 Å². The number of aryl methyl sites for hydroxylation is 1. The van der Waals surface area contributed by atoms with Crippen molar-refractivity contribution in [2.45, 2.75) is 26.3 Å². The molecule has 4 rings (SSSR count). The number of benzene rings is 3. The summed E-state index contributed by atoms with van der Waals surface area (Å²) in [5.41, 5.74) is 2.76. The number of nitrogens with zero attached hydrogens (tertiary/aromatic N) is 1. The third-order valence-corrected chi connectivity index (χ3v) is 5.34. The van der Waals surface area contributed by atoms with Gasteiger partial charge in [0, 0.05) is 13.0 Å². The fourth-order valence-corrected chi connectivity index (χ4v) is 3.70. The van der Waals surface area contributed by atoms with Gasteiger partial charge in [0.1, 0.15) is 0 Å². The lowest BCUT2D eigenvalue weighted by molar-refractivity contribution is -0.121. The Labute approximate surface area is 169 Å². The molecule has 3 amide bonds. The minimum absolute atomic E-state index is 0.0711. The zero-order valence-electron chi connectivity index (χ0n) is 16.4. The molecule has 5 nitrogen and oxygen atoms in total. The van der Waals surface area contributed by atoms with Crippen molar-refractivity contribution in [3.63, 3.8) is 0 Å². The van der Waals surface area contributed by atoms with Gasteiger partial charge in [-0.05, 0) is 48.4 Å². The predicted molar refractivity (Wildman–Crippen MR) is 112 cm³/mol. The highest BCUT2D eigenvalue weighted by Gasteiger charge is 2.35. The van der Waals surface area contributed by atoms with Gasteiger partial charge >= 0.3 is 0 Å². The first-order chi connectivity index (χ1) is 13.9. The fourth-order valence-electron chi connectivity index (χ4n) is 3.70. The molecule has 0 saturated carbocycles. The Morgan fingerprint density at radius 3 is 2.45 bits per heavy atom. The molecule has 1 aliphatic heterocycles. The van der Waals surface area contributed by atoms with Crippen molar-refractivity contribution in [2.24, 2.45) is 0 Å². The largest absolute Gasteiger partial charge is 0.350 e. The monoisotopic (exact) mass is 386 g/mol. The van der Waals surface area contributed by atoms with E-state index in [0.29, 0.717) is 11.1 Å². The highest BCUT2D eigenvalue weighted by molar-refractivity contribution is 6.21. The van der Waals surface area contributed by atoms with E-state index < -0.39 is 0 Å². The van der Waals surface area contributed by atoms with E-state index in [4.69, 9.17) is 0 Å². The zero-order valence-corrected chi connectivity index (χ0v) is 16.4. The molecular weight excluding hydrogens is 364 g/mol. The summed E-state index contributed by atoms with van der Waals surface area (Å²) < 4.78 is 0. The van der Waals surface area contributed by atoms with Crippen LogP contribution >= 0.6 is 0 Å². The maximum atomic E-state index is 12.5. The van der Waals surface area contributed by atoms with Crippen LogP contribution in [0.2, 0.25) is 0 Å². The highest BCUT2D eigenvalue weighted by atomic mass is 16.2. The maximum absolute atomic E-state index is 12.5. The molecule has 0 radical (unpaired) electrons. The van der Waals surface area contributed by atoms with Crippen LogP contribution < -0.4 is 5.32 Å². The number of carbonyl (C=O) groups excluding carboxylic acids is 3. The standard InChI is InChI=1S/C24H22N2O3/c1-15-7-10-20-21(13-15)24(29)26(23(20)28)12-11-22(27)25-16(2)18-9-8-17-5-3-4-6-19(17)14-18/h3-10,13-14,16H,11-12H2,1-2H3,(H,25,27). The molecule has 0 spiro atoms. The number of imide groups is 1. The number of amides is 3. The smallest absolute Gasteiger partial charge is 0.261 e. The van der Waals surface area contributed by atoms with Crippen molar-refractivity contribution in [1.82, 2.24) is 10.2 Å². The normalized spacial score (nSPS) is 14.2. The summed E-state index contributed by atoms with van der Waals surface area (Å²) in [4.78, 5) is 38.6. The van der Waals surface area contributed by atoms with E-state index >= 15 is 0 Å². The molecular formula is C24H22N2O3. The SMILES string of the molecule is Cc1ccc2c(c1)C(=O)N(CCC(=O)NC(C)c1ccc3ccccc3c1)C2=O. The van der Waals surface area contributed by atoms with Gasteiger partial charge in [0.15, 0.2) is 0 Å². The molecule has 5 heteroatoms. The topological polar surface area (TPSA) is 66.5 Å².